The summed E-state index contributed by atoms with van der Waals surface area (Å²) in [4.78, 5) is 12.4. The fourth-order valence-electron chi connectivity index (χ4n) is 2.77. The summed E-state index contributed by atoms with van der Waals surface area (Å²) in [6.45, 7) is 2.56. The molecule has 1 aliphatic rings. The highest BCUT2D eigenvalue weighted by Crippen LogP contribution is 2.47. The van der Waals surface area contributed by atoms with Crippen molar-refractivity contribution in [3.63, 3.8) is 0 Å². The molecular weight excluding hydrogens is 371 g/mol. The minimum absolute atomic E-state index is 0.0684. The van der Waals surface area contributed by atoms with Crippen molar-refractivity contribution >= 4 is 17.5 Å². The number of carbonyl (C=O) groups excluding carboxylic acids is 1. The fraction of sp³-hybridized carbons (Fsp3) is 0.562. The van der Waals surface area contributed by atoms with Crippen LogP contribution in [0.15, 0.2) is 18.5 Å². The second-order valence-electron chi connectivity index (χ2n) is 6.35. The summed E-state index contributed by atoms with van der Waals surface area (Å²) >= 11 is 5.94. The lowest BCUT2D eigenvalue weighted by molar-refractivity contribution is -0.141. The monoisotopic (exact) mass is 389 g/mol. The van der Waals surface area contributed by atoms with E-state index in [0.717, 1.165) is 17.5 Å². The van der Waals surface area contributed by atoms with Crippen molar-refractivity contribution in [1.82, 2.24) is 24.9 Å². The molecule has 10 heteroatoms. The average Bonchev–Trinajstić information content (AvgIpc) is 3.14. The van der Waals surface area contributed by atoms with Crippen LogP contribution in [0, 0.1) is 0 Å². The van der Waals surface area contributed by atoms with E-state index in [9.17, 15) is 18.0 Å². The van der Waals surface area contributed by atoms with Crippen LogP contribution in [-0.2, 0) is 17.5 Å². The Morgan fingerprint density at radius 3 is 2.77 bits per heavy atom. The Labute approximate surface area is 153 Å². The maximum absolute atomic E-state index is 13.1. The molecule has 2 aromatic rings. The van der Waals surface area contributed by atoms with Crippen LogP contribution < -0.4 is 5.32 Å². The highest BCUT2D eigenvalue weighted by molar-refractivity contribution is 6.32. The fourth-order valence-corrected chi connectivity index (χ4v) is 3.16. The number of nitrogens with one attached hydrogen (secondary N) is 1. The number of hydrogen-bond donors (Lipinski definition) is 1. The molecule has 1 amide bonds. The van der Waals surface area contributed by atoms with E-state index >= 15 is 0 Å². The van der Waals surface area contributed by atoms with Gasteiger partial charge in [0.15, 0.2) is 5.69 Å². The lowest BCUT2D eigenvalue weighted by Crippen LogP contribution is -2.33. The quantitative estimate of drug-likeness (QED) is 0.738. The molecule has 3 rings (SSSR count). The molecule has 6 nitrogen and oxygen atoms in total. The number of hydrogen-bond acceptors (Lipinski definition) is 3. The van der Waals surface area contributed by atoms with Crippen molar-refractivity contribution in [2.24, 2.45) is 0 Å². The topological polar surface area (TPSA) is 64.7 Å². The maximum Gasteiger partial charge on any atom is 0.436 e. The van der Waals surface area contributed by atoms with E-state index in [1.807, 2.05) is 6.20 Å². The van der Waals surface area contributed by atoms with Crippen molar-refractivity contribution in [3.8, 4) is 0 Å². The third kappa shape index (κ3) is 4.03. The molecule has 1 aliphatic carbocycles. The Kier molecular flexibility index (Phi) is 5.27. The van der Waals surface area contributed by atoms with E-state index < -0.39 is 22.9 Å². The van der Waals surface area contributed by atoms with Gasteiger partial charge in [0.2, 0.25) is 5.91 Å². The SMILES string of the molecule is CC(C(=O)NCCCn1cccn1)n1nc(C(F)(F)F)c(Cl)c1C1CC1. The molecule has 1 unspecified atom stereocenters. The molecule has 1 N–H and O–H groups in total. The van der Waals surface area contributed by atoms with Gasteiger partial charge in [-0.1, -0.05) is 11.6 Å². The average molecular weight is 390 g/mol. The smallest absolute Gasteiger partial charge is 0.354 e. The zero-order valence-corrected chi connectivity index (χ0v) is 14.9. The summed E-state index contributed by atoms with van der Waals surface area (Å²) in [7, 11) is 0. The molecule has 2 aromatic heterocycles. The number of aryl methyl sites for hydroxylation is 1. The van der Waals surface area contributed by atoms with Crippen LogP contribution in [0.1, 0.15) is 49.5 Å². The summed E-state index contributed by atoms with van der Waals surface area (Å²) in [6.07, 6.45) is 0.994. The first-order valence-corrected chi connectivity index (χ1v) is 8.77. The van der Waals surface area contributed by atoms with E-state index in [1.165, 1.54) is 6.92 Å². The van der Waals surface area contributed by atoms with Gasteiger partial charge in [0.25, 0.3) is 0 Å². The van der Waals surface area contributed by atoms with Crippen molar-refractivity contribution in [2.45, 2.75) is 50.9 Å². The minimum Gasteiger partial charge on any atom is -0.354 e. The molecule has 26 heavy (non-hydrogen) atoms. The summed E-state index contributed by atoms with van der Waals surface area (Å²) in [5.74, 6) is -0.457. The van der Waals surface area contributed by atoms with E-state index in [-0.39, 0.29) is 11.8 Å². The Balaban J connectivity index is 1.66. The van der Waals surface area contributed by atoms with Crippen LogP contribution in [0.4, 0.5) is 13.2 Å². The van der Waals surface area contributed by atoms with Gasteiger partial charge in [-0.25, -0.2) is 0 Å². The summed E-state index contributed by atoms with van der Waals surface area (Å²) in [5.41, 5.74) is -0.822. The number of aromatic nitrogens is 4. The number of nitrogens with zero attached hydrogens (tertiary/aromatic N) is 4. The predicted octanol–water partition coefficient (Wildman–Crippen LogP) is 3.40. The van der Waals surface area contributed by atoms with Crippen molar-refractivity contribution < 1.29 is 18.0 Å². The number of rotatable bonds is 7. The predicted molar refractivity (Wildman–Crippen MR) is 88.8 cm³/mol. The Morgan fingerprint density at radius 1 is 1.46 bits per heavy atom. The molecule has 142 valence electrons. The Morgan fingerprint density at radius 2 is 2.19 bits per heavy atom. The van der Waals surface area contributed by atoms with Gasteiger partial charge in [-0.2, -0.15) is 23.4 Å². The zero-order valence-electron chi connectivity index (χ0n) is 14.1. The zero-order chi connectivity index (χ0) is 18.9. The molecule has 0 bridgehead atoms. The van der Waals surface area contributed by atoms with Crippen LogP contribution in [0.5, 0.6) is 0 Å². The van der Waals surface area contributed by atoms with E-state index in [2.05, 4.69) is 15.5 Å². The number of carbonyl (C=O) groups is 1. The standard InChI is InChI=1S/C16H19ClF3N5O/c1-10(15(26)21-6-2-8-24-9-3-7-22-24)25-13(11-4-5-11)12(17)14(23-25)16(18,19)20/h3,7,9-11H,2,4-6,8H2,1H3,(H,21,26). The highest BCUT2D eigenvalue weighted by atomic mass is 35.5. The van der Waals surface area contributed by atoms with Gasteiger partial charge >= 0.3 is 6.18 Å². The third-order valence-corrected chi connectivity index (χ3v) is 4.66. The summed E-state index contributed by atoms with van der Waals surface area (Å²) < 4.78 is 42.2. The van der Waals surface area contributed by atoms with Crippen LogP contribution >= 0.6 is 11.6 Å². The van der Waals surface area contributed by atoms with Crippen LogP contribution in [0.3, 0.4) is 0 Å². The lowest BCUT2D eigenvalue weighted by Gasteiger charge is -2.16. The van der Waals surface area contributed by atoms with Gasteiger partial charge in [0.05, 0.1) is 10.7 Å². The van der Waals surface area contributed by atoms with Crippen LogP contribution in [0.2, 0.25) is 5.02 Å². The highest BCUT2D eigenvalue weighted by Gasteiger charge is 2.43. The minimum atomic E-state index is -4.65. The van der Waals surface area contributed by atoms with Gasteiger partial charge < -0.3 is 5.32 Å². The van der Waals surface area contributed by atoms with Crippen LogP contribution in [-0.4, -0.2) is 32.0 Å². The molecular formula is C16H19ClF3N5O. The molecule has 1 atom stereocenters. The Hall–Kier alpha value is -2.03. The first-order chi connectivity index (χ1) is 12.3. The summed E-state index contributed by atoms with van der Waals surface area (Å²) in [5, 5.41) is 10.0. The molecule has 2 heterocycles. The molecule has 0 aliphatic heterocycles. The molecule has 0 aromatic carbocycles. The Bertz CT molecular complexity index is 768. The number of halogens is 4. The largest absolute Gasteiger partial charge is 0.436 e. The maximum atomic E-state index is 13.1. The van der Waals surface area contributed by atoms with Gasteiger partial charge in [0, 0.05) is 31.4 Å². The van der Waals surface area contributed by atoms with Crippen molar-refractivity contribution in [1.29, 1.82) is 0 Å². The van der Waals surface area contributed by atoms with E-state index in [4.69, 9.17) is 11.6 Å². The van der Waals surface area contributed by atoms with Crippen molar-refractivity contribution in [3.05, 3.63) is 34.9 Å². The molecule has 1 saturated carbocycles. The molecule has 0 saturated heterocycles. The number of alkyl halides is 3. The first kappa shape index (κ1) is 18.8. The lowest BCUT2D eigenvalue weighted by atomic mass is 10.2. The van der Waals surface area contributed by atoms with E-state index in [0.29, 0.717) is 25.2 Å². The van der Waals surface area contributed by atoms with Crippen LogP contribution in [0.25, 0.3) is 0 Å². The molecule has 1 fully saturated rings. The van der Waals surface area contributed by atoms with Gasteiger partial charge in [0.1, 0.15) is 6.04 Å². The molecule has 0 spiro atoms. The second kappa shape index (κ2) is 7.30. The second-order valence-corrected chi connectivity index (χ2v) is 6.73. The van der Waals surface area contributed by atoms with Gasteiger partial charge in [-0.05, 0) is 32.3 Å². The van der Waals surface area contributed by atoms with Gasteiger partial charge in [-0.3, -0.25) is 14.2 Å². The van der Waals surface area contributed by atoms with Gasteiger partial charge in [-0.15, -0.1) is 0 Å². The summed E-state index contributed by atoms with van der Waals surface area (Å²) in [6, 6.07) is 0.934. The van der Waals surface area contributed by atoms with Crippen molar-refractivity contribution in [2.75, 3.05) is 6.54 Å². The first-order valence-electron chi connectivity index (χ1n) is 8.39. The third-order valence-electron chi connectivity index (χ3n) is 4.29. The van der Waals surface area contributed by atoms with E-state index in [1.54, 1.807) is 16.9 Å². The normalized spacial score (nSPS) is 15.9. The number of amides is 1. The molecule has 0 radical (unpaired) electrons.